The smallest absolute Gasteiger partial charge is 0.341 e. The minimum atomic E-state index is -1.56. The molecule has 4 amide bonds. The number of carbonyl (C=O) groups is 8. The normalized spacial score (nSPS) is 17.1. The molecule has 2 aliphatic heterocycles. The summed E-state index contributed by atoms with van der Waals surface area (Å²) in [4.78, 5) is 98.7. The van der Waals surface area contributed by atoms with Gasteiger partial charge >= 0.3 is 24.0 Å². The van der Waals surface area contributed by atoms with Crippen molar-refractivity contribution >= 4 is 58.5 Å². The van der Waals surface area contributed by atoms with Gasteiger partial charge in [0.15, 0.2) is 36.3 Å². The second kappa shape index (κ2) is 20.5. The maximum absolute atomic E-state index is 13.4. The number of ketones is 4. The van der Waals surface area contributed by atoms with Gasteiger partial charge in [-0.3, -0.25) is 35.1 Å². The highest BCUT2D eigenvalue weighted by Gasteiger charge is 2.45. The van der Waals surface area contributed by atoms with Gasteiger partial charge < -0.3 is 39.8 Å². The van der Waals surface area contributed by atoms with Crippen molar-refractivity contribution in [1.82, 2.24) is 31.1 Å². The van der Waals surface area contributed by atoms with Gasteiger partial charge in [-0.05, 0) is 60.7 Å². The van der Waals surface area contributed by atoms with Gasteiger partial charge in [0.05, 0.1) is 60.2 Å². The first kappa shape index (κ1) is 37.9. The SMILES string of the molecule is O=C(O)COc1ccc(-c2n[nH]c3c2C(=O)c2c(NC(=O)NN4CCOCC4)cccc2-3)cc1.O=C(O)COc1ccc(C(=O)C2C(=O)c3cccc(NC(=O)NN4CCOCC4)c3C2=O)cc1.[2HH].[2H][2H].[2H][2H].[2H][2H].[2H][2H].[2H][2H].[2H][2H].[2H][2H]. The third-order valence-corrected chi connectivity index (χ3v) is 10.9. The number of aromatic amines is 1. The number of nitrogens with zero attached hydrogens (tertiary/aromatic N) is 3. The van der Waals surface area contributed by atoms with Crippen molar-refractivity contribution in [3.63, 3.8) is 0 Å². The van der Waals surface area contributed by atoms with Gasteiger partial charge in [-0.1, -0.05) is 24.3 Å². The minimum Gasteiger partial charge on any atom is -0.482 e. The highest BCUT2D eigenvalue weighted by molar-refractivity contribution is 6.39. The molecule has 0 radical (unpaired) electrons. The maximum atomic E-state index is 13.4. The number of hydrogen-bond donors (Lipinski definition) is 7. The fourth-order valence-electron chi connectivity index (χ4n) is 7.80. The number of fused-ring (bicyclic) bond motifs is 4. The van der Waals surface area contributed by atoms with E-state index in [9.17, 15) is 38.4 Å². The molecule has 2 aliphatic carbocycles. The first-order chi connectivity index (χ1) is 39.9. The van der Waals surface area contributed by atoms with Crippen LogP contribution in [-0.2, 0) is 19.1 Å². The third kappa shape index (κ3) is 10.2. The quantitative estimate of drug-likeness (QED) is 0.0556. The number of carboxylic acid groups (broad SMARTS) is 2. The van der Waals surface area contributed by atoms with Gasteiger partial charge in [0, 0.05) is 70.6 Å². The van der Waals surface area contributed by atoms with Crippen molar-refractivity contribution < 1.29 is 89.7 Å². The van der Waals surface area contributed by atoms with E-state index in [0.29, 0.717) is 97.7 Å². The zero-order chi connectivity index (χ0) is 61.9. The number of benzene rings is 4. The lowest BCUT2D eigenvalue weighted by atomic mass is 9.93. The number of Topliss-reactive ketones (excluding diaryl/α,β-unsaturated/α-hetero) is 3. The Labute approximate surface area is 408 Å². The number of rotatable bonds is 13. The van der Waals surface area contributed by atoms with E-state index in [0.717, 1.165) is 0 Å². The number of carboxylic acids is 2. The number of hydrazine groups is 2. The van der Waals surface area contributed by atoms with Crippen LogP contribution < -0.4 is 31.0 Å². The predicted molar refractivity (Wildman–Crippen MR) is 255 cm³/mol. The van der Waals surface area contributed by atoms with E-state index in [1.807, 2.05) is 0 Å². The van der Waals surface area contributed by atoms with Crippen LogP contribution in [0, 0.1) is 5.92 Å². The molecular weight excluding hydrogens is 889 g/mol. The average molecular weight is 962 g/mol. The fraction of sp³-hybridized carbons (Fsp3) is 0.239. The number of anilines is 2. The maximum Gasteiger partial charge on any atom is 0.341 e. The highest BCUT2D eigenvalue weighted by Crippen LogP contribution is 2.43. The van der Waals surface area contributed by atoms with E-state index in [1.165, 1.54) is 42.5 Å². The summed E-state index contributed by atoms with van der Waals surface area (Å²) in [6, 6.07) is 20.8. The molecule has 9 rings (SSSR count). The number of carbonyl (C=O) groups excluding carboxylic acids is 6. The molecule has 0 spiro atoms. The number of urea groups is 2. The van der Waals surface area contributed by atoms with Crippen LogP contribution in [0.2, 0.25) is 0 Å². The molecule has 3 heterocycles. The van der Waals surface area contributed by atoms with Crippen LogP contribution in [0.1, 0.15) is 69.2 Å². The number of ether oxygens (including phenoxy) is 4. The summed E-state index contributed by atoms with van der Waals surface area (Å²) in [7, 11) is 0. The van der Waals surface area contributed by atoms with Crippen molar-refractivity contribution in [1.29, 1.82) is 0 Å². The number of hydrogen-bond acceptors (Lipinski definition) is 15. The first-order valence-electron chi connectivity index (χ1n) is 28.1. The van der Waals surface area contributed by atoms with E-state index < -0.39 is 60.5 Å². The molecule has 2 saturated heterocycles. The Morgan fingerprint density at radius 1 is 0.662 bits per heavy atom. The second-order valence-electron chi connectivity index (χ2n) is 15.4. The molecule has 68 heavy (non-hydrogen) atoms. The van der Waals surface area contributed by atoms with E-state index in [-0.39, 0.29) is 35.3 Å². The van der Waals surface area contributed by atoms with Gasteiger partial charge in [0.1, 0.15) is 23.1 Å². The Morgan fingerprint density at radius 2 is 1.16 bits per heavy atom. The topological polar surface area (TPSA) is 297 Å². The van der Waals surface area contributed by atoms with Crippen LogP contribution >= 0.6 is 0 Å². The van der Waals surface area contributed by atoms with Crippen LogP contribution in [0.25, 0.3) is 22.5 Å². The second-order valence-corrected chi connectivity index (χ2v) is 15.4. The Kier molecular flexibility index (Phi) is 11.4. The molecule has 366 valence electrons. The monoisotopic (exact) mass is 962 g/mol. The molecule has 1 aromatic heterocycles. The molecule has 7 N–H and O–H groups in total. The van der Waals surface area contributed by atoms with Crippen molar-refractivity contribution in [2.45, 2.75) is 0 Å². The van der Waals surface area contributed by atoms with E-state index in [1.54, 1.807) is 52.5 Å². The fourth-order valence-corrected chi connectivity index (χ4v) is 7.80. The standard InChI is InChI=1S/C23H21N5O6.C23H21N3O8.8H2/c29-17(30)12-34-14-6-4-13(5-7-14)20-19-21(26-25-20)15-2-1-3-16(18(15)22(19)31)24-23(32)27-28-8-10-33-11-9-28;27-17(28)12-34-14-6-4-13(5-7-14)20(29)19-21(30)15-2-1-3-16(18(15)22(19)31)24-23(32)25-26-8-10-33-11-9-26;;;;;;;;/h1-7H,8-12H2,(H,25,26)(H,29,30)(H2,24,27,32);1-7,19H,8-12H2,(H,27,28)(H2,24,25,32);8*1H/i;;7*1+1D;1+1. The van der Waals surface area contributed by atoms with Crippen molar-refractivity contribution in [3.8, 4) is 34.0 Å². The first-order valence-corrected chi connectivity index (χ1v) is 21.1. The molecule has 1 unspecified atom stereocenters. The molecular formula is C46H58N8O14. The highest BCUT2D eigenvalue weighted by atomic mass is 16.5. The molecule has 0 saturated carbocycles. The van der Waals surface area contributed by atoms with Gasteiger partial charge in [-0.15, -0.1) is 0 Å². The van der Waals surface area contributed by atoms with Crippen LogP contribution in [0.15, 0.2) is 84.9 Å². The van der Waals surface area contributed by atoms with Crippen LogP contribution in [0.5, 0.6) is 11.5 Å². The van der Waals surface area contributed by atoms with Gasteiger partial charge in [-0.2, -0.15) is 5.10 Å². The zero-order valence-electron chi connectivity index (χ0n) is 49.9. The van der Waals surface area contributed by atoms with Crippen molar-refractivity contribution in [3.05, 3.63) is 113 Å². The molecule has 1 atom stereocenters. The zero-order valence-corrected chi connectivity index (χ0v) is 35.9. The number of morpholine rings is 2. The molecule has 22 nitrogen and oxygen atoms in total. The number of amides is 4. The summed E-state index contributed by atoms with van der Waals surface area (Å²) < 4.78 is 90.7. The molecule has 5 aromatic rings. The van der Waals surface area contributed by atoms with Crippen molar-refractivity contribution in [2.24, 2.45) is 5.92 Å². The summed E-state index contributed by atoms with van der Waals surface area (Å²) in [5.74, 6) is -5.45. The summed E-state index contributed by atoms with van der Waals surface area (Å²) in [6.45, 7) is 3.22. The summed E-state index contributed by atoms with van der Waals surface area (Å²) >= 11 is 0. The molecule has 4 aliphatic rings. The Bertz CT molecular complexity index is 2860. The summed E-state index contributed by atoms with van der Waals surface area (Å²) in [6.07, 6.45) is 0. The lowest BCUT2D eigenvalue weighted by Gasteiger charge is -2.27. The lowest BCUT2D eigenvalue weighted by Crippen LogP contribution is -2.49. The van der Waals surface area contributed by atoms with E-state index >= 15 is 0 Å². The summed E-state index contributed by atoms with van der Waals surface area (Å²) in [5.41, 5.74) is 9.30. The van der Waals surface area contributed by atoms with Crippen LogP contribution in [0.3, 0.4) is 0 Å². The van der Waals surface area contributed by atoms with Gasteiger partial charge in [0.25, 0.3) is 0 Å². The molecule has 0 bridgehead atoms. The van der Waals surface area contributed by atoms with Gasteiger partial charge in [-0.25, -0.2) is 29.2 Å². The molecule has 2 fully saturated rings. The molecule has 22 heteroatoms. The van der Waals surface area contributed by atoms with Crippen LogP contribution in [0.4, 0.5) is 21.0 Å². The third-order valence-electron chi connectivity index (χ3n) is 10.9. The number of nitrogens with one attached hydrogen (secondary N) is 5. The van der Waals surface area contributed by atoms with E-state index in [4.69, 9.17) is 49.9 Å². The molecule has 4 aromatic carbocycles. The summed E-state index contributed by atoms with van der Waals surface area (Å²) in [5, 5.41) is 33.5. The van der Waals surface area contributed by atoms with E-state index in [2.05, 4.69) is 31.7 Å². The number of H-pyrrole nitrogens is 1. The van der Waals surface area contributed by atoms with Crippen LogP contribution in [-0.4, -0.2) is 143 Å². The minimum absolute atomic E-state index is 0. The largest absolute Gasteiger partial charge is 0.482 e. The Balaban J connectivity index is 0.00000133. The van der Waals surface area contributed by atoms with Crippen molar-refractivity contribution in [2.75, 3.05) is 76.5 Å². The number of aromatic nitrogens is 2. The Hall–Kier alpha value is -8.31. The lowest BCUT2D eigenvalue weighted by molar-refractivity contribution is -0.140. The number of aliphatic carboxylic acids is 2. The van der Waals surface area contributed by atoms with Gasteiger partial charge in [0.2, 0.25) is 0 Å². The average Bonchev–Trinajstić information content (AvgIpc) is 4.34. The Morgan fingerprint density at radius 3 is 1.69 bits per heavy atom. The predicted octanol–water partition coefficient (Wildman–Crippen LogP) is 5.49.